The van der Waals surface area contributed by atoms with Gasteiger partial charge in [-0.2, -0.15) is 5.26 Å². The number of carbonyl (C=O) groups is 1. The van der Waals surface area contributed by atoms with Gasteiger partial charge in [-0.05, 0) is 25.5 Å². The number of nitro groups is 1. The maximum atomic E-state index is 11.5. The Morgan fingerprint density at radius 3 is 2.71 bits per heavy atom. The molecule has 0 spiro atoms. The van der Waals surface area contributed by atoms with E-state index in [9.17, 15) is 14.9 Å². The molecule has 0 aliphatic carbocycles. The Hall–Kier alpha value is -2.42. The van der Waals surface area contributed by atoms with Crippen LogP contribution in [0.2, 0.25) is 0 Å². The minimum Gasteiger partial charge on any atom is -0.462 e. The van der Waals surface area contributed by atoms with E-state index in [-0.39, 0.29) is 29.0 Å². The van der Waals surface area contributed by atoms with Crippen molar-refractivity contribution in [2.45, 2.75) is 13.8 Å². The molecule has 0 fully saturated rings. The van der Waals surface area contributed by atoms with E-state index in [1.165, 1.54) is 13.0 Å². The van der Waals surface area contributed by atoms with Crippen LogP contribution in [0.25, 0.3) is 0 Å². The van der Waals surface area contributed by atoms with E-state index in [1.807, 2.05) is 0 Å². The number of nitrogens with zero attached hydrogens (tertiary/aromatic N) is 2. The van der Waals surface area contributed by atoms with Gasteiger partial charge < -0.3 is 4.74 Å². The quantitative estimate of drug-likeness (QED) is 0.452. The van der Waals surface area contributed by atoms with Crippen LogP contribution >= 0.6 is 0 Å². The summed E-state index contributed by atoms with van der Waals surface area (Å²) in [7, 11) is 0. The summed E-state index contributed by atoms with van der Waals surface area (Å²) in [5, 5.41) is 19.6. The first-order valence-electron chi connectivity index (χ1n) is 4.88. The molecule has 0 saturated carbocycles. The summed E-state index contributed by atoms with van der Waals surface area (Å²) in [6.07, 6.45) is 0. The van der Waals surface area contributed by atoms with Crippen LogP contribution in [-0.2, 0) is 4.74 Å². The lowest BCUT2D eigenvalue weighted by molar-refractivity contribution is -0.385. The number of nitro benzene ring substituents is 1. The third-order valence-corrected chi connectivity index (χ3v) is 2.25. The van der Waals surface area contributed by atoms with Crippen molar-refractivity contribution in [1.29, 1.82) is 5.26 Å². The van der Waals surface area contributed by atoms with Gasteiger partial charge >= 0.3 is 5.97 Å². The highest BCUT2D eigenvalue weighted by Gasteiger charge is 2.21. The van der Waals surface area contributed by atoms with Crippen molar-refractivity contribution in [2.75, 3.05) is 6.61 Å². The zero-order valence-corrected chi connectivity index (χ0v) is 9.39. The van der Waals surface area contributed by atoms with Crippen LogP contribution in [0.4, 0.5) is 5.69 Å². The van der Waals surface area contributed by atoms with Gasteiger partial charge in [-0.15, -0.1) is 0 Å². The van der Waals surface area contributed by atoms with Crippen molar-refractivity contribution in [3.05, 3.63) is 38.9 Å². The predicted molar refractivity (Wildman–Crippen MR) is 58.5 cm³/mol. The van der Waals surface area contributed by atoms with Gasteiger partial charge in [-0.3, -0.25) is 10.1 Å². The van der Waals surface area contributed by atoms with Crippen LogP contribution in [0, 0.1) is 28.4 Å². The molecule has 1 rings (SSSR count). The smallest absolute Gasteiger partial charge is 0.338 e. The van der Waals surface area contributed by atoms with Crippen LogP contribution in [0.1, 0.15) is 28.4 Å². The molecule has 0 aliphatic rings. The largest absolute Gasteiger partial charge is 0.462 e. The molecule has 0 aromatic heterocycles. The van der Waals surface area contributed by atoms with Crippen molar-refractivity contribution in [3.8, 4) is 6.07 Å². The second-order valence-corrected chi connectivity index (χ2v) is 3.22. The van der Waals surface area contributed by atoms with Crippen molar-refractivity contribution in [2.24, 2.45) is 0 Å². The van der Waals surface area contributed by atoms with Crippen LogP contribution in [0.15, 0.2) is 12.1 Å². The number of hydrogen-bond acceptors (Lipinski definition) is 5. The Bertz CT molecular complexity index is 517. The standard InChI is InChI=1S/C11H10N2O4/c1-3-17-11(14)8-4-5-10(13(15)16)9(6-12)7(8)2/h4-5H,3H2,1-2H3. The van der Waals surface area contributed by atoms with E-state index in [4.69, 9.17) is 10.00 Å². The van der Waals surface area contributed by atoms with E-state index in [1.54, 1.807) is 13.0 Å². The van der Waals surface area contributed by atoms with Crippen LogP contribution in [-0.4, -0.2) is 17.5 Å². The third kappa shape index (κ3) is 2.39. The van der Waals surface area contributed by atoms with Gasteiger partial charge in [0.1, 0.15) is 11.6 Å². The molecule has 0 unspecified atom stereocenters. The second-order valence-electron chi connectivity index (χ2n) is 3.22. The minimum absolute atomic E-state index is 0.111. The molecule has 0 radical (unpaired) electrons. The normalized spacial score (nSPS) is 9.47. The SMILES string of the molecule is CCOC(=O)c1ccc([N+](=O)[O-])c(C#N)c1C. The van der Waals surface area contributed by atoms with Gasteiger partial charge in [-0.1, -0.05) is 0 Å². The van der Waals surface area contributed by atoms with E-state index in [2.05, 4.69) is 0 Å². The molecule has 1 aromatic carbocycles. The summed E-state index contributed by atoms with van der Waals surface area (Å²) in [6, 6.07) is 4.17. The average Bonchev–Trinajstić information content (AvgIpc) is 2.28. The number of hydrogen-bond donors (Lipinski definition) is 0. The molecular formula is C11H10N2O4. The number of esters is 1. The highest BCUT2D eigenvalue weighted by molar-refractivity contribution is 5.92. The van der Waals surface area contributed by atoms with Crippen LogP contribution < -0.4 is 0 Å². The zero-order chi connectivity index (χ0) is 13.0. The first kappa shape index (κ1) is 12.6. The first-order valence-corrected chi connectivity index (χ1v) is 4.88. The molecule has 0 bridgehead atoms. The number of ether oxygens (including phenoxy) is 1. The van der Waals surface area contributed by atoms with E-state index in [0.717, 1.165) is 6.07 Å². The van der Waals surface area contributed by atoms with E-state index < -0.39 is 10.9 Å². The molecule has 17 heavy (non-hydrogen) atoms. The number of carbonyl (C=O) groups excluding carboxylic acids is 1. The van der Waals surface area contributed by atoms with Crippen molar-refractivity contribution in [3.63, 3.8) is 0 Å². The van der Waals surface area contributed by atoms with Crippen molar-refractivity contribution >= 4 is 11.7 Å². The molecule has 6 nitrogen and oxygen atoms in total. The fourth-order valence-corrected chi connectivity index (χ4v) is 1.42. The fourth-order valence-electron chi connectivity index (χ4n) is 1.42. The number of benzene rings is 1. The number of nitriles is 1. The topological polar surface area (TPSA) is 93.2 Å². The van der Waals surface area contributed by atoms with Gasteiger partial charge in [0.05, 0.1) is 17.1 Å². The lowest BCUT2D eigenvalue weighted by Gasteiger charge is -2.06. The molecule has 6 heteroatoms. The molecule has 0 amide bonds. The van der Waals surface area contributed by atoms with E-state index >= 15 is 0 Å². The van der Waals surface area contributed by atoms with Gasteiger partial charge in [0, 0.05) is 6.07 Å². The average molecular weight is 234 g/mol. The Morgan fingerprint density at radius 2 is 2.24 bits per heavy atom. The third-order valence-electron chi connectivity index (χ3n) is 2.25. The second kappa shape index (κ2) is 5.07. The number of rotatable bonds is 3. The molecule has 0 saturated heterocycles. The highest BCUT2D eigenvalue weighted by atomic mass is 16.6. The Labute approximate surface area is 97.6 Å². The molecule has 0 heterocycles. The van der Waals surface area contributed by atoms with Gasteiger partial charge in [-0.25, -0.2) is 4.79 Å². The molecule has 0 N–H and O–H groups in total. The summed E-state index contributed by atoms with van der Waals surface area (Å²) < 4.78 is 4.79. The molecular weight excluding hydrogens is 224 g/mol. The molecule has 0 atom stereocenters. The maximum Gasteiger partial charge on any atom is 0.338 e. The van der Waals surface area contributed by atoms with Crippen LogP contribution in [0.5, 0.6) is 0 Å². The van der Waals surface area contributed by atoms with Gasteiger partial charge in [0.15, 0.2) is 0 Å². The monoisotopic (exact) mass is 234 g/mol. The molecule has 88 valence electrons. The summed E-state index contributed by atoms with van der Waals surface area (Å²) in [4.78, 5) is 21.5. The maximum absolute atomic E-state index is 11.5. The predicted octanol–water partition coefficient (Wildman–Crippen LogP) is 1.95. The van der Waals surface area contributed by atoms with Gasteiger partial charge in [0.2, 0.25) is 0 Å². The zero-order valence-electron chi connectivity index (χ0n) is 9.39. The molecule has 1 aromatic rings. The summed E-state index contributed by atoms with van der Waals surface area (Å²) in [5.74, 6) is -0.587. The Kier molecular flexibility index (Phi) is 3.78. The van der Waals surface area contributed by atoms with Gasteiger partial charge in [0.25, 0.3) is 5.69 Å². The Morgan fingerprint density at radius 1 is 1.59 bits per heavy atom. The van der Waals surface area contributed by atoms with Crippen molar-refractivity contribution < 1.29 is 14.5 Å². The lowest BCUT2D eigenvalue weighted by atomic mass is 10.0. The lowest BCUT2D eigenvalue weighted by Crippen LogP contribution is -2.08. The minimum atomic E-state index is -0.652. The summed E-state index contributed by atoms with van der Waals surface area (Å²) in [5.41, 5.74) is 0.0211. The molecule has 0 aliphatic heterocycles. The van der Waals surface area contributed by atoms with E-state index in [0.29, 0.717) is 0 Å². The Balaban J connectivity index is 3.36. The first-order chi connectivity index (χ1) is 8.02. The summed E-state index contributed by atoms with van der Waals surface area (Å²) >= 11 is 0. The highest BCUT2D eigenvalue weighted by Crippen LogP contribution is 2.24. The fraction of sp³-hybridized carbons (Fsp3) is 0.273. The summed E-state index contributed by atoms with van der Waals surface area (Å²) in [6.45, 7) is 3.35. The van der Waals surface area contributed by atoms with Crippen LogP contribution in [0.3, 0.4) is 0 Å². The van der Waals surface area contributed by atoms with Crippen molar-refractivity contribution in [1.82, 2.24) is 0 Å².